The van der Waals surface area contributed by atoms with Crippen molar-refractivity contribution in [2.75, 3.05) is 10.5 Å². The van der Waals surface area contributed by atoms with Gasteiger partial charge in [0, 0.05) is 24.8 Å². The normalized spacial score (nSPS) is 11.1. The number of rotatable bonds is 7. The molecule has 4 nitrogen and oxygen atoms in total. The SMILES string of the molecule is CCS(=O)(=O)Nc1ccc(Cc2cc(C)c(C(=S)c3ccc(C)cc3)n2C)cc1.[Na+]. The van der Waals surface area contributed by atoms with Crippen molar-refractivity contribution in [3.8, 4) is 0 Å². The van der Waals surface area contributed by atoms with Gasteiger partial charge in [-0.25, -0.2) is 8.42 Å². The van der Waals surface area contributed by atoms with Crippen LogP contribution in [0.25, 0.3) is 0 Å². The molecule has 1 heterocycles. The van der Waals surface area contributed by atoms with Crippen LogP contribution in [0.4, 0.5) is 5.69 Å². The number of hydrogen-bond acceptors (Lipinski definition) is 3. The molecule has 152 valence electrons. The standard InChI is InChI=1S/C23H26N2O2S2.Na/c1-5-29(26,27)24-20-12-8-18(9-13-20)15-21-14-17(3)22(25(21)4)23(28)19-10-6-16(2)7-11-19;/h6-14,24H,5,15H2,1-4H3;/q;+1. The third kappa shape index (κ3) is 5.83. The van der Waals surface area contributed by atoms with Gasteiger partial charge in [-0.2, -0.15) is 0 Å². The second-order valence-corrected chi connectivity index (χ2v) is 9.72. The van der Waals surface area contributed by atoms with E-state index >= 15 is 0 Å². The molecule has 0 bridgehead atoms. The van der Waals surface area contributed by atoms with E-state index in [1.807, 2.05) is 19.2 Å². The van der Waals surface area contributed by atoms with Crippen molar-refractivity contribution < 1.29 is 38.0 Å². The van der Waals surface area contributed by atoms with E-state index in [2.05, 4.69) is 53.5 Å². The summed E-state index contributed by atoms with van der Waals surface area (Å²) in [5.74, 6) is 0.0566. The topological polar surface area (TPSA) is 51.1 Å². The number of thiocarbonyl (C=S) groups is 1. The first-order chi connectivity index (χ1) is 13.7. The molecular weight excluding hydrogens is 423 g/mol. The molecule has 0 fully saturated rings. The minimum atomic E-state index is -3.26. The minimum Gasteiger partial charge on any atom is -0.346 e. The molecule has 0 unspecified atom stereocenters. The van der Waals surface area contributed by atoms with Crippen LogP contribution in [0.1, 0.15) is 40.6 Å². The number of sulfonamides is 1. The Kier molecular flexibility index (Phi) is 8.48. The van der Waals surface area contributed by atoms with E-state index in [-0.39, 0.29) is 35.3 Å². The molecule has 1 N–H and O–H groups in total. The molecule has 0 spiro atoms. The van der Waals surface area contributed by atoms with Crippen LogP contribution in [0.15, 0.2) is 54.6 Å². The van der Waals surface area contributed by atoms with Gasteiger partial charge >= 0.3 is 29.6 Å². The zero-order valence-corrected chi connectivity index (χ0v) is 21.8. The van der Waals surface area contributed by atoms with Crippen LogP contribution in [-0.2, 0) is 23.5 Å². The Morgan fingerprint density at radius 1 is 1.03 bits per heavy atom. The van der Waals surface area contributed by atoms with Crippen molar-refractivity contribution in [3.05, 3.63) is 88.2 Å². The summed E-state index contributed by atoms with van der Waals surface area (Å²) in [6, 6.07) is 18.0. The van der Waals surface area contributed by atoms with Gasteiger partial charge < -0.3 is 4.57 Å². The van der Waals surface area contributed by atoms with Gasteiger partial charge in [0.05, 0.1) is 16.3 Å². The molecule has 2 aromatic carbocycles. The zero-order valence-electron chi connectivity index (χ0n) is 18.2. The minimum absolute atomic E-state index is 0. The molecule has 3 aromatic rings. The molecule has 30 heavy (non-hydrogen) atoms. The number of anilines is 1. The maximum atomic E-state index is 11.7. The van der Waals surface area contributed by atoms with Crippen LogP contribution in [0.3, 0.4) is 0 Å². The summed E-state index contributed by atoms with van der Waals surface area (Å²) in [5.41, 5.74) is 7.33. The predicted molar refractivity (Wildman–Crippen MR) is 124 cm³/mol. The molecule has 0 saturated heterocycles. The fourth-order valence-corrected chi connectivity index (χ4v) is 4.39. The maximum absolute atomic E-state index is 11.7. The molecule has 0 radical (unpaired) electrons. The zero-order chi connectivity index (χ0) is 21.2. The fourth-order valence-electron chi connectivity index (χ4n) is 3.32. The van der Waals surface area contributed by atoms with Gasteiger partial charge in [0.2, 0.25) is 10.0 Å². The van der Waals surface area contributed by atoms with Gasteiger partial charge in [0.25, 0.3) is 0 Å². The molecule has 7 heteroatoms. The summed E-state index contributed by atoms with van der Waals surface area (Å²) in [7, 11) is -1.22. The summed E-state index contributed by atoms with van der Waals surface area (Å²) in [4.78, 5) is 0.848. The van der Waals surface area contributed by atoms with E-state index in [1.54, 1.807) is 19.1 Å². The van der Waals surface area contributed by atoms with Gasteiger partial charge in [-0.1, -0.05) is 54.2 Å². The molecule has 0 atom stereocenters. The molecule has 0 aliphatic rings. The van der Waals surface area contributed by atoms with E-state index < -0.39 is 10.0 Å². The molecule has 0 aliphatic heterocycles. The predicted octanol–water partition coefficient (Wildman–Crippen LogP) is 1.76. The molecule has 3 rings (SSSR count). The molecule has 1 aromatic heterocycles. The monoisotopic (exact) mass is 449 g/mol. The van der Waals surface area contributed by atoms with Gasteiger partial charge in [0.1, 0.15) is 0 Å². The second kappa shape index (κ2) is 10.2. The van der Waals surface area contributed by atoms with Gasteiger partial charge in [-0.15, -0.1) is 0 Å². The van der Waals surface area contributed by atoms with Crippen LogP contribution in [0, 0.1) is 13.8 Å². The Balaban J connectivity index is 0.00000320. The average molecular weight is 450 g/mol. The number of hydrogen-bond donors (Lipinski definition) is 1. The average Bonchev–Trinajstić information content (AvgIpc) is 2.96. The number of nitrogens with zero attached hydrogens (tertiary/aromatic N) is 1. The van der Waals surface area contributed by atoms with Crippen LogP contribution in [0.2, 0.25) is 0 Å². The van der Waals surface area contributed by atoms with Crippen molar-refractivity contribution >= 4 is 32.8 Å². The first-order valence-electron chi connectivity index (χ1n) is 9.56. The van der Waals surface area contributed by atoms with E-state index in [0.29, 0.717) is 5.69 Å². The van der Waals surface area contributed by atoms with Crippen molar-refractivity contribution in [1.29, 1.82) is 0 Å². The third-order valence-electron chi connectivity index (χ3n) is 5.04. The Bertz CT molecular complexity index is 1130. The van der Waals surface area contributed by atoms with Gasteiger partial charge in [-0.05, 0) is 55.7 Å². The van der Waals surface area contributed by atoms with Gasteiger partial charge in [-0.3, -0.25) is 4.72 Å². The van der Waals surface area contributed by atoms with E-state index in [4.69, 9.17) is 12.2 Å². The number of aromatic nitrogens is 1. The third-order valence-corrected chi connectivity index (χ3v) is 6.78. The quantitative estimate of drug-likeness (QED) is 0.340. The van der Waals surface area contributed by atoms with Gasteiger partial charge in [0.15, 0.2) is 0 Å². The first-order valence-corrected chi connectivity index (χ1v) is 11.6. The Hall–Kier alpha value is -1.44. The number of aryl methyl sites for hydroxylation is 2. The number of benzene rings is 2. The van der Waals surface area contributed by atoms with Crippen LogP contribution in [-0.4, -0.2) is 23.6 Å². The van der Waals surface area contributed by atoms with Crippen molar-refractivity contribution in [2.24, 2.45) is 7.05 Å². The van der Waals surface area contributed by atoms with Crippen molar-refractivity contribution in [3.63, 3.8) is 0 Å². The maximum Gasteiger partial charge on any atom is 1.00 e. The largest absolute Gasteiger partial charge is 1.00 e. The Morgan fingerprint density at radius 3 is 2.20 bits per heavy atom. The second-order valence-electron chi connectivity index (χ2n) is 7.30. The van der Waals surface area contributed by atoms with E-state index in [1.165, 1.54) is 5.56 Å². The van der Waals surface area contributed by atoms with Crippen molar-refractivity contribution in [1.82, 2.24) is 4.57 Å². The summed E-state index contributed by atoms with van der Waals surface area (Å²) in [6.07, 6.45) is 0.745. The molecule has 0 aliphatic carbocycles. The van der Waals surface area contributed by atoms with E-state index in [0.717, 1.165) is 39.4 Å². The summed E-state index contributed by atoms with van der Waals surface area (Å²) in [6.45, 7) is 5.77. The summed E-state index contributed by atoms with van der Waals surface area (Å²) < 4.78 is 28.1. The molecular formula is C23H26N2NaO2S2+. The molecule has 0 saturated carbocycles. The smallest absolute Gasteiger partial charge is 0.346 e. The van der Waals surface area contributed by atoms with E-state index in [9.17, 15) is 8.42 Å². The van der Waals surface area contributed by atoms with Crippen LogP contribution in [0.5, 0.6) is 0 Å². The molecule has 0 amide bonds. The number of nitrogens with one attached hydrogen (secondary N) is 1. The summed E-state index contributed by atoms with van der Waals surface area (Å²) in [5, 5.41) is 0. The fraction of sp³-hybridized carbons (Fsp3) is 0.261. The van der Waals surface area contributed by atoms with Crippen LogP contribution >= 0.6 is 12.2 Å². The Labute approximate surface area is 207 Å². The Morgan fingerprint density at radius 2 is 1.63 bits per heavy atom. The first kappa shape index (κ1) is 24.8. The summed E-state index contributed by atoms with van der Waals surface area (Å²) >= 11 is 5.78. The van der Waals surface area contributed by atoms with Crippen molar-refractivity contribution in [2.45, 2.75) is 27.2 Å². The van der Waals surface area contributed by atoms with Crippen LogP contribution < -0.4 is 34.3 Å².